The molecule has 6 nitrogen and oxygen atoms in total. The lowest BCUT2D eigenvalue weighted by Gasteiger charge is -2.36. The number of halogens is 1. The Labute approximate surface area is 169 Å². The molecule has 28 heavy (non-hydrogen) atoms. The Hall–Kier alpha value is -2.47. The lowest BCUT2D eigenvalue weighted by molar-refractivity contribution is -0.127. The van der Waals surface area contributed by atoms with Crippen molar-refractivity contribution in [3.63, 3.8) is 0 Å². The van der Waals surface area contributed by atoms with Gasteiger partial charge in [-0.1, -0.05) is 24.1 Å². The van der Waals surface area contributed by atoms with Crippen LogP contribution in [-0.2, 0) is 4.79 Å². The second kappa shape index (κ2) is 7.51. The van der Waals surface area contributed by atoms with E-state index in [1.54, 1.807) is 13.1 Å². The third-order valence-electron chi connectivity index (χ3n) is 5.80. The molecule has 2 atom stereocenters. The van der Waals surface area contributed by atoms with Gasteiger partial charge >= 0.3 is 0 Å². The zero-order valence-electron chi connectivity index (χ0n) is 15.8. The molecule has 2 heterocycles. The molecule has 2 amide bonds. The van der Waals surface area contributed by atoms with Crippen molar-refractivity contribution in [2.45, 2.75) is 45.1 Å². The van der Waals surface area contributed by atoms with Crippen LogP contribution in [0.2, 0.25) is 5.02 Å². The van der Waals surface area contributed by atoms with Gasteiger partial charge in [-0.15, -0.1) is 0 Å². The van der Waals surface area contributed by atoms with E-state index in [0.29, 0.717) is 29.4 Å². The Morgan fingerprint density at radius 1 is 1.32 bits per heavy atom. The normalized spacial score (nSPS) is 24.6. The fraction of sp³-hybridized carbons (Fsp3) is 0.429. The predicted octanol–water partition coefficient (Wildman–Crippen LogP) is 3.53. The fourth-order valence-corrected chi connectivity index (χ4v) is 4.63. The molecule has 1 aromatic heterocycles. The van der Waals surface area contributed by atoms with E-state index in [0.717, 1.165) is 31.4 Å². The van der Waals surface area contributed by atoms with Crippen LogP contribution in [0.1, 0.15) is 48.3 Å². The number of amides is 2. The molecule has 1 aliphatic carbocycles. The van der Waals surface area contributed by atoms with Crippen molar-refractivity contribution in [1.82, 2.24) is 15.3 Å². The smallest absolute Gasteiger partial charge is 0.271 e. The van der Waals surface area contributed by atoms with Gasteiger partial charge in [0.2, 0.25) is 5.91 Å². The van der Waals surface area contributed by atoms with Crippen LogP contribution >= 0.6 is 11.6 Å². The number of carbonyl (C=O) groups excluding carboxylic acids is 2. The van der Waals surface area contributed by atoms with Gasteiger partial charge in [-0.2, -0.15) is 0 Å². The molecule has 7 heteroatoms. The monoisotopic (exact) mass is 398 g/mol. The molecule has 1 N–H and O–H groups in total. The van der Waals surface area contributed by atoms with Gasteiger partial charge in [-0.25, -0.2) is 4.98 Å². The first-order valence-electron chi connectivity index (χ1n) is 9.64. The van der Waals surface area contributed by atoms with Gasteiger partial charge in [0, 0.05) is 29.5 Å². The summed E-state index contributed by atoms with van der Waals surface area (Å²) in [4.78, 5) is 36.0. The van der Waals surface area contributed by atoms with Gasteiger partial charge in [0.05, 0.1) is 17.3 Å². The molecule has 0 radical (unpaired) electrons. The predicted molar refractivity (Wildman–Crippen MR) is 107 cm³/mol. The van der Waals surface area contributed by atoms with Crippen molar-refractivity contribution in [2.24, 2.45) is 5.41 Å². The third kappa shape index (κ3) is 3.61. The Kier molecular flexibility index (Phi) is 5.06. The zero-order valence-corrected chi connectivity index (χ0v) is 16.6. The number of nitrogens with one attached hydrogen (secondary N) is 1. The van der Waals surface area contributed by atoms with Crippen molar-refractivity contribution in [3.8, 4) is 0 Å². The second-order valence-corrected chi connectivity index (χ2v) is 8.22. The van der Waals surface area contributed by atoms with E-state index >= 15 is 0 Å². The maximum atomic E-state index is 13.3. The SMILES string of the molecule is Cc1cncc(C(=O)N[C@H]2CCC[C@]3(CCN(c4cccc(Cl)c4)C3=O)C2)n1. The molecular formula is C21H23ClN4O2. The summed E-state index contributed by atoms with van der Waals surface area (Å²) in [5.41, 5.74) is 1.46. The Morgan fingerprint density at radius 2 is 2.18 bits per heavy atom. The zero-order chi connectivity index (χ0) is 19.7. The highest BCUT2D eigenvalue weighted by molar-refractivity contribution is 6.31. The van der Waals surface area contributed by atoms with E-state index in [4.69, 9.17) is 11.6 Å². The minimum atomic E-state index is -0.406. The highest BCUT2D eigenvalue weighted by Crippen LogP contribution is 2.46. The molecule has 1 spiro atoms. The van der Waals surface area contributed by atoms with Crippen molar-refractivity contribution in [1.29, 1.82) is 0 Å². The van der Waals surface area contributed by atoms with Crippen LogP contribution in [0.3, 0.4) is 0 Å². The number of anilines is 1. The van der Waals surface area contributed by atoms with Gasteiger partial charge in [0.25, 0.3) is 5.91 Å². The van der Waals surface area contributed by atoms with E-state index in [9.17, 15) is 9.59 Å². The molecule has 2 aliphatic rings. The molecule has 0 bridgehead atoms. The molecule has 1 aromatic carbocycles. The lowest BCUT2D eigenvalue weighted by Crippen LogP contribution is -2.46. The van der Waals surface area contributed by atoms with Gasteiger partial charge in [-0.05, 0) is 50.8 Å². The maximum absolute atomic E-state index is 13.3. The summed E-state index contributed by atoms with van der Waals surface area (Å²) < 4.78 is 0. The lowest BCUT2D eigenvalue weighted by atomic mass is 9.71. The minimum Gasteiger partial charge on any atom is -0.348 e. The van der Waals surface area contributed by atoms with Crippen LogP contribution in [0.5, 0.6) is 0 Å². The standard InChI is InChI=1S/C21H23ClN4O2/c1-14-12-23-13-18(24-14)19(27)25-16-5-3-7-21(11-16)8-9-26(20(21)28)17-6-2-4-15(22)10-17/h2,4,6,10,12-13,16H,3,5,7-9,11H2,1H3,(H,25,27)/t16-,21-/m0/s1. The summed E-state index contributed by atoms with van der Waals surface area (Å²) >= 11 is 6.10. The largest absolute Gasteiger partial charge is 0.348 e. The van der Waals surface area contributed by atoms with Gasteiger partial charge in [-0.3, -0.25) is 14.6 Å². The molecule has 1 saturated carbocycles. The fourth-order valence-electron chi connectivity index (χ4n) is 4.45. The summed E-state index contributed by atoms with van der Waals surface area (Å²) in [7, 11) is 0. The van der Waals surface area contributed by atoms with Crippen LogP contribution in [0.15, 0.2) is 36.7 Å². The van der Waals surface area contributed by atoms with Crippen LogP contribution in [0.25, 0.3) is 0 Å². The van der Waals surface area contributed by atoms with E-state index in [1.807, 2.05) is 29.2 Å². The van der Waals surface area contributed by atoms with Crippen LogP contribution in [0.4, 0.5) is 5.69 Å². The summed E-state index contributed by atoms with van der Waals surface area (Å²) in [6, 6.07) is 7.38. The summed E-state index contributed by atoms with van der Waals surface area (Å²) in [6.07, 6.45) is 7.20. The Morgan fingerprint density at radius 3 is 2.96 bits per heavy atom. The number of carbonyl (C=O) groups is 2. The molecular weight excluding hydrogens is 376 g/mol. The average Bonchev–Trinajstić information content (AvgIpc) is 2.97. The van der Waals surface area contributed by atoms with E-state index < -0.39 is 5.41 Å². The molecule has 1 saturated heterocycles. The van der Waals surface area contributed by atoms with Crippen molar-refractivity contribution in [2.75, 3.05) is 11.4 Å². The maximum Gasteiger partial charge on any atom is 0.271 e. The second-order valence-electron chi connectivity index (χ2n) is 7.78. The van der Waals surface area contributed by atoms with Crippen LogP contribution < -0.4 is 10.2 Å². The highest BCUT2D eigenvalue weighted by atomic mass is 35.5. The Bertz CT molecular complexity index is 919. The molecule has 1 aliphatic heterocycles. The van der Waals surface area contributed by atoms with E-state index in [2.05, 4.69) is 15.3 Å². The van der Waals surface area contributed by atoms with E-state index in [1.165, 1.54) is 6.20 Å². The van der Waals surface area contributed by atoms with Gasteiger partial charge in [0.1, 0.15) is 5.69 Å². The van der Waals surface area contributed by atoms with Crippen molar-refractivity contribution < 1.29 is 9.59 Å². The molecule has 2 fully saturated rings. The molecule has 4 rings (SSSR count). The quantitative estimate of drug-likeness (QED) is 0.858. The number of aryl methyl sites for hydroxylation is 1. The van der Waals surface area contributed by atoms with Crippen molar-refractivity contribution in [3.05, 3.63) is 53.1 Å². The number of hydrogen-bond acceptors (Lipinski definition) is 4. The van der Waals surface area contributed by atoms with Gasteiger partial charge in [0.15, 0.2) is 0 Å². The third-order valence-corrected chi connectivity index (χ3v) is 6.04. The molecule has 0 unspecified atom stereocenters. The first kappa shape index (κ1) is 18.9. The summed E-state index contributed by atoms with van der Waals surface area (Å²) in [5.74, 6) is -0.0838. The highest BCUT2D eigenvalue weighted by Gasteiger charge is 2.49. The minimum absolute atomic E-state index is 0.0353. The number of aromatic nitrogens is 2. The van der Waals surface area contributed by atoms with Crippen molar-refractivity contribution >= 4 is 29.1 Å². The molecule has 146 valence electrons. The van der Waals surface area contributed by atoms with Gasteiger partial charge < -0.3 is 10.2 Å². The first-order chi connectivity index (χ1) is 13.5. The number of hydrogen-bond donors (Lipinski definition) is 1. The Balaban J connectivity index is 1.47. The number of rotatable bonds is 3. The summed E-state index contributed by atoms with van der Waals surface area (Å²) in [5, 5.41) is 3.69. The summed E-state index contributed by atoms with van der Waals surface area (Å²) in [6.45, 7) is 2.49. The number of nitrogens with zero attached hydrogens (tertiary/aromatic N) is 3. The van der Waals surface area contributed by atoms with Crippen LogP contribution in [0, 0.1) is 12.3 Å². The molecule has 2 aromatic rings. The topological polar surface area (TPSA) is 75.2 Å². The number of benzene rings is 1. The average molecular weight is 399 g/mol. The van der Waals surface area contributed by atoms with Crippen LogP contribution in [-0.4, -0.2) is 34.4 Å². The first-order valence-corrected chi connectivity index (χ1v) is 10.0. The van der Waals surface area contributed by atoms with E-state index in [-0.39, 0.29) is 17.9 Å².